The van der Waals surface area contributed by atoms with Crippen LogP contribution < -0.4 is 16.4 Å². The molecule has 5 nitrogen and oxygen atoms in total. The summed E-state index contributed by atoms with van der Waals surface area (Å²) < 4.78 is 38.6. The number of hydrogen-bond acceptors (Lipinski definition) is 4. The van der Waals surface area contributed by atoms with Gasteiger partial charge in [-0.15, -0.1) is 0 Å². The number of halogens is 3. The van der Waals surface area contributed by atoms with Gasteiger partial charge in [0.1, 0.15) is 11.9 Å². The van der Waals surface area contributed by atoms with E-state index in [1.54, 1.807) is 24.3 Å². The normalized spacial score (nSPS) is 12.6. The van der Waals surface area contributed by atoms with Crippen LogP contribution in [0.3, 0.4) is 0 Å². The van der Waals surface area contributed by atoms with Gasteiger partial charge >= 0.3 is 6.18 Å². The fourth-order valence-corrected chi connectivity index (χ4v) is 2.20. The lowest BCUT2D eigenvalue weighted by atomic mass is 10.1. The molecule has 2 aromatic rings. The number of amides is 1. The third kappa shape index (κ3) is 4.69. The maximum absolute atomic E-state index is 12.9. The molecular formula is C16H17F3N4O. The van der Waals surface area contributed by atoms with E-state index in [0.29, 0.717) is 5.56 Å². The summed E-state index contributed by atoms with van der Waals surface area (Å²) in [5.41, 5.74) is 5.22. The fourth-order valence-electron chi connectivity index (χ4n) is 2.20. The monoisotopic (exact) mass is 338 g/mol. The standard InChI is InChI=1S/C16H17F3N4O/c17-16(18,19)12-7-4-8-22-15(12)23-10-9-21-13(14(20)24)11-5-2-1-3-6-11/h1-8,13,21H,9-10H2,(H2,20,24)(H,22,23)/t13-/m0/s1. The van der Waals surface area contributed by atoms with Crippen molar-refractivity contribution in [3.63, 3.8) is 0 Å². The van der Waals surface area contributed by atoms with Gasteiger partial charge in [0.25, 0.3) is 0 Å². The van der Waals surface area contributed by atoms with Gasteiger partial charge in [-0.05, 0) is 17.7 Å². The maximum Gasteiger partial charge on any atom is 0.419 e. The van der Waals surface area contributed by atoms with Crippen molar-refractivity contribution in [1.82, 2.24) is 10.3 Å². The van der Waals surface area contributed by atoms with E-state index in [1.165, 1.54) is 12.3 Å². The van der Waals surface area contributed by atoms with Crippen LogP contribution in [0.4, 0.5) is 19.0 Å². The fraction of sp³-hybridized carbons (Fsp3) is 0.250. The van der Waals surface area contributed by atoms with Crippen LogP contribution in [0.25, 0.3) is 0 Å². The van der Waals surface area contributed by atoms with Crippen LogP contribution in [0.2, 0.25) is 0 Å². The van der Waals surface area contributed by atoms with Crippen LogP contribution in [0.5, 0.6) is 0 Å². The first-order chi connectivity index (χ1) is 11.4. The molecule has 0 radical (unpaired) electrons. The van der Waals surface area contributed by atoms with Crippen molar-refractivity contribution in [2.45, 2.75) is 12.2 Å². The molecule has 24 heavy (non-hydrogen) atoms. The Morgan fingerprint density at radius 1 is 1.12 bits per heavy atom. The number of aromatic nitrogens is 1. The van der Waals surface area contributed by atoms with Gasteiger partial charge in [-0.25, -0.2) is 4.98 Å². The van der Waals surface area contributed by atoms with E-state index in [-0.39, 0.29) is 18.9 Å². The Labute approximate surface area is 137 Å². The number of pyridine rings is 1. The van der Waals surface area contributed by atoms with Crippen LogP contribution in [-0.4, -0.2) is 24.0 Å². The lowest BCUT2D eigenvalue weighted by Crippen LogP contribution is -2.36. The Hall–Kier alpha value is -2.61. The van der Waals surface area contributed by atoms with Gasteiger partial charge in [-0.2, -0.15) is 13.2 Å². The highest BCUT2D eigenvalue weighted by Gasteiger charge is 2.33. The summed E-state index contributed by atoms with van der Waals surface area (Å²) in [5.74, 6) is -0.808. The van der Waals surface area contributed by atoms with Gasteiger partial charge in [0.15, 0.2) is 0 Å². The van der Waals surface area contributed by atoms with E-state index in [9.17, 15) is 18.0 Å². The van der Waals surface area contributed by atoms with Crippen molar-refractivity contribution >= 4 is 11.7 Å². The van der Waals surface area contributed by atoms with Crippen LogP contribution in [0.15, 0.2) is 48.7 Å². The van der Waals surface area contributed by atoms with E-state index in [2.05, 4.69) is 15.6 Å². The first-order valence-electron chi connectivity index (χ1n) is 7.23. The molecule has 1 aromatic heterocycles. The third-order valence-electron chi connectivity index (χ3n) is 3.30. The number of nitrogens with zero attached hydrogens (tertiary/aromatic N) is 1. The minimum Gasteiger partial charge on any atom is -0.368 e. The summed E-state index contributed by atoms with van der Waals surface area (Å²) in [6, 6.07) is 10.3. The number of anilines is 1. The first kappa shape index (κ1) is 17.7. The van der Waals surface area contributed by atoms with Gasteiger partial charge in [0, 0.05) is 19.3 Å². The predicted molar refractivity (Wildman–Crippen MR) is 84.1 cm³/mol. The Morgan fingerprint density at radius 3 is 2.46 bits per heavy atom. The quantitative estimate of drug-likeness (QED) is 0.677. The molecule has 1 atom stereocenters. The van der Waals surface area contributed by atoms with Crippen molar-refractivity contribution < 1.29 is 18.0 Å². The van der Waals surface area contributed by atoms with Gasteiger partial charge in [-0.1, -0.05) is 30.3 Å². The molecular weight excluding hydrogens is 321 g/mol. The first-order valence-corrected chi connectivity index (χ1v) is 7.23. The number of primary amides is 1. The minimum absolute atomic E-state index is 0.150. The predicted octanol–water partition coefficient (Wildman–Crippen LogP) is 2.33. The smallest absolute Gasteiger partial charge is 0.368 e. The Balaban J connectivity index is 1.94. The lowest BCUT2D eigenvalue weighted by molar-refractivity contribution is -0.137. The van der Waals surface area contributed by atoms with Gasteiger partial charge in [0.2, 0.25) is 5.91 Å². The number of benzene rings is 1. The average molecular weight is 338 g/mol. The highest BCUT2D eigenvalue weighted by Crippen LogP contribution is 2.33. The summed E-state index contributed by atoms with van der Waals surface area (Å²) in [4.78, 5) is 15.2. The molecule has 1 heterocycles. The van der Waals surface area contributed by atoms with Crippen molar-refractivity contribution in [3.8, 4) is 0 Å². The zero-order valence-electron chi connectivity index (χ0n) is 12.7. The molecule has 0 aliphatic rings. The number of hydrogen-bond donors (Lipinski definition) is 3. The molecule has 4 N–H and O–H groups in total. The second-order valence-corrected chi connectivity index (χ2v) is 5.02. The minimum atomic E-state index is -4.48. The number of nitrogens with one attached hydrogen (secondary N) is 2. The van der Waals surface area contributed by atoms with Crippen molar-refractivity contribution in [1.29, 1.82) is 0 Å². The molecule has 0 saturated carbocycles. The van der Waals surface area contributed by atoms with E-state index >= 15 is 0 Å². The second kappa shape index (κ2) is 7.78. The Kier molecular flexibility index (Phi) is 5.75. The summed E-state index contributed by atoms with van der Waals surface area (Å²) in [7, 11) is 0. The molecule has 0 bridgehead atoms. The second-order valence-electron chi connectivity index (χ2n) is 5.02. The molecule has 0 spiro atoms. The summed E-state index contributed by atoms with van der Waals surface area (Å²) in [6.45, 7) is 0.382. The van der Waals surface area contributed by atoms with E-state index < -0.39 is 23.7 Å². The molecule has 1 aromatic carbocycles. The number of carbonyl (C=O) groups is 1. The molecule has 128 valence electrons. The van der Waals surface area contributed by atoms with E-state index in [0.717, 1.165) is 6.07 Å². The molecule has 0 saturated heterocycles. The van der Waals surface area contributed by atoms with Gasteiger partial charge < -0.3 is 16.4 Å². The highest BCUT2D eigenvalue weighted by atomic mass is 19.4. The Bertz CT molecular complexity index is 677. The van der Waals surface area contributed by atoms with Crippen molar-refractivity contribution in [2.75, 3.05) is 18.4 Å². The zero-order chi connectivity index (χ0) is 17.6. The van der Waals surface area contributed by atoms with Crippen LogP contribution in [-0.2, 0) is 11.0 Å². The summed E-state index contributed by atoms with van der Waals surface area (Å²) in [6.07, 6.45) is -3.20. The molecule has 0 aliphatic carbocycles. The summed E-state index contributed by atoms with van der Waals surface area (Å²) >= 11 is 0. The number of rotatable bonds is 7. The largest absolute Gasteiger partial charge is 0.419 e. The van der Waals surface area contributed by atoms with Gasteiger partial charge in [0.05, 0.1) is 5.56 Å². The maximum atomic E-state index is 12.9. The average Bonchev–Trinajstić information content (AvgIpc) is 2.54. The highest BCUT2D eigenvalue weighted by molar-refractivity contribution is 5.81. The molecule has 0 unspecified atom stereocenters. The molecule has 8 heteroatoms. The third-order valence-corrected chi connectivity index (χ3v) is 3.30. The Morgan fingerprint density at radius 2 is 1.83 bits per heavy atom. The lowest BCUT2D eigenvalue weighted by Gasteiger charge is -2.17. The molecule has 0 aliphatic heterocycles. The van der Waals surface area contributed by atoms with Crippen molar-refractivity contribution in [2.24, 2.45) is 5.73 Å². The van der Waals surface area contributed by atoms with Crippen LogP contribution in [0, 0.1) is 0 Å². The van der Waals surface area contributed by atoms with Gasteiger partial charge in [-0.3, -0.25) is 4.79 Å². The molecule has 0 fully saturated rings. The van der Waals surface area contributed by atoms with Crippen LogP contribution in [0.1, 0.15) is 17.2 Å². The number of carbonyl (C=O) groups excluding carboxylic acids is 1. The number of nitrogens with two attached hydrogens (primary N) is 1. The topological polar surface area (TPSA) is 80.0 Å². The SMILES string of the molecule is NC(=O)[C@@H](NCCNc1ncccc1C(F)(F)F)c1ccccc1. The van der Waals surface area contributed by atoms with E-state index in [4.69, 9.17) is 5.73 Å². The number of alkyl halides is 3. The zero-order valence-corrected chi connectivity index (χ0v) is 12.7. The van der Waals surface area contributed by atoms with Crippen LogP contribution >= 0.6 is 0 Å². The molecule has 1 amide bonds. The van der Waals surface area contributed by atoms with Crippen molar-refractivity contribution in [3.05, 3.63) is 59.8 Å². The summed E-state index contributed by atoms with van der Waals surface area (Å²) in [5, 5.41) is 5.54. The van der Waals surface area contributed by atoms with E-state index in [1.807, 2.05) is 6.07 Å². The molecule has 2 rings (SSSR count).